The molecule has 186 valence electrons. The fourth-order valence-electron chi connectivity index (χ4n) is 4.63. The molecule has 2 heterocycles. The Morgan fingerprint density at radius 2 is 1.76 bits per heavy atom. The van der Waals surface area contributed by atoms with Gasteiger partial charge in [-0.3, -0.25) is 9.59 Å². The van der Waals surface area contributed by atoms with Crippen LogP contribution in [0.5, 0.6) is 0 Å². The van der Waals surface area contributed by atoms with Crippen LogP contribution in [0, 0.1) is 6.92 Å². The maximum Gasteiger partial charge on any atom is 0.271 e. The van der Waals surface area contributed by atoms with Gasteiger partial charge in [0.2, 0.25) is 0 Å². The SMILES string of the molecule is Cc1ccc(NC2=C(C(=O)c3ccccc3)C(c3ccc(Br)cc3)N(CCCc3ncc[nH]3)C2=O)cc1. The van der Waals surface area contributed by atoms with Crippen molar-refractivity contribution in [2.24, 2.45) is 0 Å². The first-order valence-corrected chi connectivity index (χ1v) is 13.0. The van der Waals surface area contributed by atoms with Gasteiger partial charge in [-0.2, -0.15) is 0 Å². The predicted molar refractivity (Wildman–Crippen MR) is 148 cm³/mol. The first kappa shape index (κ1) is 24.7. The molecule has 0 saturated heterocycles. The fraction of sp³-hybridized carbons (Fsp3) is 0.167. The van der Waals surface area contributed by atoms with Gasteiger partial charge in [0, 0.05) is 41.1 Å². The Hall–Kier alpha value is -3.97. The number of benzene rings is 3. The van der Waals surface area contributed by atoms with Gasteiger partial charge in [-0.25, -0.2) is 4.98 Å². The van der Waals surface area contributed by atoms with Crippen LogP contribution in [0.3, 0.4) is 0 Å². The Morgan fingerprint density at radius 1 is 1.03 bits per heavy atom. The lowest BCUT2D eigenvalue weighted by atomic mass is 9.92. The number of hydrogen-bond acceptors (Lipinski definition) is 4. The third kappa shape index (κ3) is 5.42. The van der Waals surface area contributed by atoms with E-state index in [1.807, 2.05) is 73.7 Å². The number of anilines is 1. The largest absolute Gasteiger partial charge is 0.351 e. The van der Waals surface area contributed by atoms with Crippen LogP contribution in [0.15, 0.2) is 107 Å². The zero-order chi connectivity index (χ0) is 25.8. The molecule has 0 spiro atoms. The van der Waals surface area contributed by atoms with Crippen molar-refractivity contribution in [3.8, 4) is 0 Å². The summed E-state index contributed by atoms with van der Waals surface area (Å²) in [5.41, 5.74) is 4.09. The molecule has 1 aliphatic rings. The summed E-state index contributed by atoms with van der Waals surface area (Å²) < 4.78 is 0.933. The Balaban J connectivity index is 1.58. The monoisotopic (exact) mass is 554 g/mol. The van der Waals surface area contributed by atoms with E-state index in [9.17, 15) is 9.59 Å². The number of ketones is 1. The zero-order valence-electron chi connectivity index (χ0n) is 20.4. The van der Waals surface area contributed by atoms with Crippen LogP contribution in [0.4, 0.5) is 5.69 Å². The third-order valence-corrected chi connectivity index (χ3v) is 7.01. The van der Waals surface area contributed by atoms with Gasteiger partial charge in [0.05, 0.1) is 11.6 Å². The number of nitrogens with one attached hydrogen (secondary N) is 2. The number of aromatic nitrogens is 2. The fourth-order valence-corrected chi connectivity index (χ4v) is 4.89. The second-order valence-corrected chi connectivity index (χ2v) is 9.98. The number of amides is 1. The molecule has 1 amide bonds. The van der Waals surface area contributed by atoms with E-state index in [0.717, 1.165) is 27.1 Å². The minimum absolute atomic E-state index is 0.162. The number of nitrogens with zero attached hydrogens (tertiary/aromatic N) is 2. The van der Waals surface area contributed by atoms with Gasteiger partial charge in [-0.05, 0) is 43.2 Å². The van der Waals surface area contributed by atoms with E-state index in [1.165, 1.54) is 0 Å². The molecule has 7 heteroatoms. The standard InChI is InChI=1S/C30H27BrN4O2/c1-20-9-15-24(16-10-20)34-27-26(29(36)22-6-3-2-4-7-22)28(21-11-13-23(31)14-12-21)35(30(27)37)19-5-8-25-32-17-18-33-25/h2-4,6-7,9-18,28,34H,5,8,19H2,1H3,(H,32,33). The number of hydrogen-bond donors (Lipinski definition) is 2. The Kier molecular flexibility index (Phi) is 7.32. The van der Waals surface area contributed by atoms with E-state index in [-0.39, 0.29) is 11.7 Å². The van der Waals surface area contributed by atoms with Crippen LogP contribution < -0.4 is 5.32 Å². The van der Waals surface area contributed by atoms with Gasteiger partial charge in [0.15, 0.2) is 5.78 Å². The highest BCUT2D eigenvalue weighted by atomic mass is 79.9. The number of carbonyl (C=O) groups is 2. The van der Waals surface area contributed by atoms with Crippen molar-refractivity contribution in [3.63, 3.8) is 0 Å². The quantitative estimate of drug-likeness (QED) is 0.240. The molecule has 4 aromatic rings. The van der Waals surface area contributed by atoms with Crippen LogP contribution in [-0.2, 0) is 11.2 Å². The van der Waals surface area contributed by atoms with Crippen LogP contribution in [-0.4, -0.2) is 33.1 Å². The summed E-state index contributed by atoms with van der Waals surface area (Å²) >= 11 is 3.51. The van der Waals surface area contributed by atoms with Gasteiger partial charge in [-0.15, -0.1) is 0 Å². The molecule has 1 aliphatic heterocycles. The van der Waals surface area contributed by atoms with E-state index < -0.39 is 6.04 Å². The minimum atomic E-state index is -0.516. The van der Waals surface area contributed by atoms with Crippen molar-refractivity contribution in [1.29, 1.82) is 0 Å². The second kappa shape index (κ2) is 11.0. The van der Waals surface area contributed by atoms with E-state index in [4.69, 9.17) is 0 Å². The number of rotatable bonds is 9. The summed E-state index contributed by atoms with van der Waals surface area (Å²) in [7, 11) is 0. The predicted octanol–water partition coefficient (Wildman–Crippen LogP) is 6.25. The summed E-state index contributed by atoms with van der Waals surface area (Å²) in [4.78, 5) is 37.2. The maximum atomic E-state index is 14.0. The lowest BCUT2D eigenvalue weighted by Crippen LogP contribution is -2.33. The highest BCUT2D eigenvalue weighted by molar-refractivity contribution is 9.10. The van der Waals surface area contributed by atoms with Crippen molar-refractivity contribution >= 4 is 33.3 Å². The Bertz CT molecular complexity index is 1410. The molecule has 0 bridgehead atoms. The summed E-state index contributed by atoms with van der Waals surface area (Å²) in [6.45, 7) is 2.49. The number of carbonyl (C=O) groups excluding carboxylic acids is 2. The average molecular weight is 555 g/mol. The number of aryl methyl sites for hydroxylation is 2. The van der Waals surface area contributed by atoms with Crippen LogP contribution >= 0.6 is 15.9 Å². The van der Waals surface area contributed by atoms with Gasteiger partial charge in [0.25, 0.3) is 5.91 Å². The molecule has 0 fully saturated rings. The summed E-state index contributed by atoms with van der Waals surface area (Å²) in [6.07, 6.45) is 4.93. The number of imidazole rings is 1. The summed E-state index contributed by atoms with van der Waals surface area (Å²) in [5, 5.41) is 3.30. The maximum absolute atomic E-state index is 14.0. The number of halogens is 1. The Labute approximate surface area is 224 Å². The van der Waals surface area contributed by atoms with Gasteiger partial charge >= 0.3 is 0 Å². The topological polar surface area (TPSA) is 78.1 Å². The molecule has 5 rings (SSSR count). The van der Waals surface area contributed by atoms with E-state index >= 15 is 0 Å². The molecule has 1 atom stereocenters. The molecular formula is C30H27BrN4O2. The first-order chi connectivity index (χ1) is 18.0. The lowest BCUT2D eigenvalue weighted by molar-refractivity contribution is -0.127. The normalized spacial score (nSPS) is 15.4. The average Bonchev–Trinajstić information content (AvgIpc) is 3.53. The van der Waals surface area contributed by atoms with E-state index in [2.05, 4.69) is 31.2 Å². The molecule has 3 aromatic carbocycles. The van der Waals surface area contributed by atoms with Crippen molar-refractivity contribution < 1.29 is 9.59 Å². The van der Waals surface area contributed by atoms with E-state index in [1.54, 1.807) is 29.4 Å². The molecule has 2 N–H and O–H groups in total. The molecule has 6 nitrogen and oxygen atoms in total. The van der Waals surface area contributed by atoms with Crippen LogP contribution in [0.1, 0.15) is 39.8 Å². The molecule has 1 unspecified atom stereocenters. The molecule has 37 heavy (non-hydrogen) atoms. The molecular weight excluding hydrogens is 528 g/mol. The van der Waals surface area contributed by atoms with Crippen molar-refractivity contribution in [2.45, 2.75) is 25.8 Å². The zero-order valence-corrected chi connectivity index (χ0v) is 22.0. The van der Waals surface area contributed by atoms with Gasteiger partial charge in [-0.1, -0.05) is 76.1 Å². The number of aromatic amines is 1. The minimum Gasteiger partial charge on any atom is -0.351 e. The molecule has 0 saturated carbocycles. The van der Waals surface area contributed by atoms with Crippen molar-refractivity contribution in [3.05, 3.63) is 130 Å². The molecule has 0 aliphatic carbocycles. The van der Waals surface area contributed by atoms with Crippen LogP contribution in [0.2, 0.25) is 0 Å². The summed E-state index contributed by atoms with van der Waals surface area (Å²) in [6, 6.07) is 24.3. The van der Waals surface area contributed by atoms with Gasteiger partial charge < -0.3 is 15.2 Å². The van der Waals surface area contributed by atoms with Crippen molar-refractivity contribution in [1.82, 2.24) is 14.9 Å². The smallest absolute Gasteiger partial charge is 0.271 e. The van der Waals surface area contributed by atoms with Gasteiger partial charge in [0.1, 0.15) is 11.5 Å². The lowest BCUT2D eigenvalue weighted by Gasteiger charge is -2.27. The number of Topliss-reactive ketones (excluding diaryl/α,β-unsaturated/α-hetero) is 1. The molecule has 0 radical (unpaired) electrons. The second-order valence-electron chi connectivity index (χ2n) is 9.07. The highest BCUT2D eigenvalue weighted by Crippen LogP contribution is 2.40. The summed E-state index contributed by atoms with van der Waals surface area (Å²) in [5.74, 6) is 0.524. The Morgan fingerprint density at radius 3 is 2.43 bits per heavy atom. The van der Waals surface area contributed by atoms with Crippen LogP contribution in [0.25, 0.3) is 0 Å². The van der Waals surface area contributed by atoms with Crippen molar-refractivity contribution in [2.75, 3.05) is 11.9 Å². The first-order valence-electron chi connectivity index (χ1n) is 12.2. The third-order valence-electron chi connectivity index (χ3n) is 6.48. The number of H-pyrrole nitrogens is 1. The highest BCUT2D eigenvalue weighted by Gasteiger charge is 2.43. The molecule has 1 aromatic heterocycles. The van der Waals surface area contributed by atoms with E-state index in [0.29, 0.717) is 36.2 Å².